The highest BCUT2D eigenvalue weighted by molar-refractivity contribution is 9.10. The number of para-hydroxylation sites is 2. The summed E-state index contributed by atoms with van der Waals surface area (Å²) in [4.78, 5) is 19.7. The van der Waals surface area contributed by atoms with Crippen LogP contribution >= 0.6 is 15.9 Å². The number of fused-ring (bicyclic) bond motifs is 1. The van der Waals surface area contributed by atoms with E-state index < -0.39 is 0 Å². The molecule has 152 valence electrons. The number of aryl methyl sites for hydroxylation is 1. The number of imidazole rings is 1. The highest BCUT2D eigenvalue weighted by Gasteiger charge is 2.34. The monoisotopic (exact) mass is 453 g/mol. The van der Waals surface area contributed by atoms with E-state index in [4.69, 9.17) is 4.98 Å². The van der Waals surface area contributed by atoms with Crippen molar-refractivity contribution in [2.45, 2.75) is 57.9 Å². The minimum atomic E-state index is 0.129. The van der Waals surface area contributed by atoms with Gasteiger partial charge in [-0.15, -0.1) is 0 Å². The number of rotatable bonds is 8. The summed E-state index contributed by atoms with van der Waals surface area (Å²) in [6, 6.07) is 16.3. The van der Waals surface area contributed by atoms with Crippen LogP contribution in [0.25, 0.3) is 11.0 Å². The molecule has 1 fully saturated rings. The Hall–Kier alpha value is -2.14. The molecule has 1 aliphatic rings. The lowest BCUT2D eigenvalue weighted by molar-refractivity contribution is -0.117. The van der Waals surface area contributed by atoms with Crippen molar-refractivity contribution >= 4 is 38.6 Å². The van der Waals surface area contributed by atoms with Gasteiger partial charge in [-0.2, -0.15) is 0 Å². The van der Waals surface area contributed by atoms with Gasteiger partial charge < -0.3 is 9.47 Å². The Morgan fingerprint density at radius 1 is 1.07 bits per heavy atom. The highest BCUT2D eigenvalue weighted by Crippen LogP contribution is 2.34. The van der Waals surface area contributed by atoms with Crippen LogP contribution in [0.4, 0.5) is 5.69 Å². The number of aromatic nitrogens is 2. The summed E-state index contributed by atoms with van der Waals surface area (Å²) in [5.41, 5.74) is 3.17. The first-order valence-corrected chi connectivity index (χ1v) is 11.5. The van der Waals surface area contributed by atoms with Crippen LogP contribution in [0.1, 0.15) is 57.2 Å². The first kappa shape index (κ1) is 20.1. The largest absolute Gasteiger partial charge is 0.328 e. The molecule has 5 heteroatoms. The lowest BCUT2D eigenvalue weighted by Crippen LogP contribution is -2.24. The van der Waals surface area contributed by atoms with Crippen molar-refractivity contribution in [3.63, 3.8) is 0 Å². The summed E-state index contributed by atoms with van der Waals surface area (Å²) in [5, 5.41) is 0. The van der Waals surface area contributed by atoms with Crippen LogP contribution in [0.15, 0.2) is 53.0 Å². The van der Waals surface area contributed by atoms with Gasteiger partial charge in [-0.25, -0.2) is 4.98 Å². The predicted octanol–water partition coefficient (Wildman–Crippen LogP) is 6.29. The molecular weight excluding hydrogens is 426 g/mol. The predicted molar refractivity (Wildman–Crippen MR) is 122 cm³/mol. The number of unbranched alkanes of at least 4 members (excludes halogenated alkanes) is 4. The molecule has 0 aliphatic carbocycles. The summed E-state index contributed by atoms with van der Waals surface area (Å²) in [6.07, 6.45) is 6.77. The van der Waals surface area contributed by atoms with Crippen molar-refractivity contribution in [1.29, 1.82) is 0 Å². The topological polar surface area (TPSA) is 38.1 Å². The molecule has 1 unspecified atom stereocenters. The second kappa shape index (κ2) is 9.12. The van der Waals surface area contributed by atoms with Gasteiger partial charge in [0.25, 0.3) is 0 Å². The van der Waals surface area contributed by atoms with Crippen molar-refractivity contribution in [3.05, 3.63) is 58.8 Å². The molecule has 29 heavy (non-hydrogen) atoms. The van der Waals surface area contributed by atoms with Gasteiger partial charge in [0, 0.05) is 35.6 Å². The average Bonchev–Trinajstić information content (AvgIpc) is 3.28. The minimum absolute atomic E-state index is 0.129. The first-order chi connectivity index (χ1) is 14.2. The quantitative estimate of drug-likeness (QED) is 0.375. The van der Waals surface area contributed by atoms with Gasteiger partial charge in [-0.05, 0) is 36.8 Å². The van der Waals surface area contributed by atoms with E-state index in [1.54, 1.807) is 0 Å². The molecule has 1 atom stereocenters. The maximum absolute atomic E-state index is 12.8. The molecule has 2 aromatic carbocycles. The van der Waals surface area contributed by atoms with E-state index in [0.29, 0.717) is 13.0 Å². The van der Waals surface area contributed by atoms with Gasteiger partial charge >= 0.3 is 0 Å². The van der Waals surface area contributed by atoms with Crippen LogP contribution in [-0.2, 0) is 11.3 Å². The number of benzene rings is 2. The van der Waals surface area contributed by atoms with Crippen molar-refractivity contribution in [2.24, 2.45) is 0 Å². The number of hydrogen-bond acceptors (Lipinski definition) is 2. The van der Waals surface area contributed by atoms with E-state index >= 15 is 0 Å². The fraction of sp³-hybridized carbons (Fsp3) is 0.417. The molecule has 0 bridgehead atoms. The fourth-order valence-corrected chi connectivity index (χ4v) is 4.68. The molecule has 3 aromatic rings. The minimum Gasteiger partial charge on any atom is -0.328 e. The van der Waals surface area contributed by atoms with Crippen LogP contribution < -0.4 is 4.90 Å². The number of carbonyl (C=O) groups excluding carboxylic acids is 1. The Morgan fingerprint density at radius 3 is 2.72 bits per heavy atom. The van der Waals surface area contributed by atoms with E-state index in [1.165, 1.54) is 31.2 Å². The summed E-state index contributed by atoms with van der Waals surface area (Å²) >= 11 is 3.52. The average molecular weight is 454 g/mol. The number of nitrogens with zero attached hydrogens (tertiary/aromatic N) is 3. The first-order valence-electron chi connectivity index (χ1n) is 10.7. The lowest BCUT2D eigenvalue weighted by Gasteiger charge is -2.18. The third-order valence-corrected chi connectivity index (χ3v) is 6.27. The maximum atomic E-state index is 12.8. The fourth-order valence-electron chi connectivity index (χ4n) is 4.29. The Labute approximate surface area is 181 Å². The molecule has 1 aromatic heterocycles. The van der Waals surface area contributed by atoms with Crippen LogP contribution in [-0.4, -0.2) is 22.0 Å². The number of halogens is 1. The van der Waals surface area contributed by atoms with E-state index in [1.807, 2.05) is 35.2 Å². The van der Waals surface area contributed by atoms with Crippen LogP contribution in [0.2, 0.25) is 0 Å². The lowest BCUT2D eigenvalue weighted by atomic mass is 10.1. The third-order valence-electron chi connectivity index (χ3n) is 5.78. The number of amides is 1. The van der Waals surface area contributed by atoms with Crippen molar-refractivity contribution in [1.82, 2.24) is 9.55 Å². The zero-order chi connectivity index (χ0) is 20.2. The van der Waals surface area contributed by atoms with Gasteiger partial charge in [-0.1, -0.05) is 66.7 Å². The Morgan fingerprint density at radius 2 is 1.90 bits per heavy atom. The highest BCUT2D eigenvalue weighted by atomic mass is 79.9. The molecule has 4 rings (SSSR count). The van der Waals surface area contributed by atoms with Crippen LogP contribution in [0, 0.1) is 0 Å². The van der Waals surface area contributed by atoms with E-state index in [0.717, 1.165) is 34.5 Å². The molecule has 0 saturated carbocycles. The Kier molecular flexibility index (Phi) is 6.34. The summed E-state index contributed by atoms with van der Waals surface area (Å²) in [6.45, 7) is 3.91. The number of hydrogen-bond donors (Lipinski definition) is 0. The SMILES string of the molecule is CCCCCCCn1c(C2CC(=O)N(c3cccc(Br)c3)C2)nc2ccccc21. The molecule has 4 nitrogen and oxygen atoms in total. The third kappa shape index (κ3) is 4.40. The van der Waals surface area contributed by atoms with E-state index in [9.17, 15) is 4.79 Å². The molecular formula is C24H28BrN3O. The normalized spacial score (nSPS) is 16.8. The maximum Gasteiger partial charge on any atom is 0.227 e. The molecule has 1 aliphatic heterocycles. The van der Waals surface area contributed by atoms with Crippen LogP contribution in [0.5, 0.6) is 0 Å². The summed E-state index contributed by atoms with van der Waals surface area (Å²) < 4.78 is 3.36. The molecule has 2 heterocycles. The van der Waals surface area contributed by atoms with Crippen molar-refractivity contribution < 1.29 is 4.79 Å². The second-order valence-electron chi connectivity index (χ2n) is 7.91. The Bertz CT molecular complexity index is 997. The molecule has 0 N–H and O–H groups in total. The van der Waals surface area contributed by atoms with Gasteiger partial charge in [0.05, 0.1) is 11.0 Å². The molecule has 0 radical (unpaired) electrons. The molecule has 1 saturated heterocycles. The van der Waals surface area contributed by atoms with Crippen molar-refractivity contribution in [3.8, 4) is 0 Å². The standard InChI is InChI=1S/C24H28BrN3O/c1-2-3-4-5-8-14-27-22-13-7-6-12-21(22)26-24(27)18-15-23(29)28(17-18)20-11-9-10-19(25)16-20/h6-7,9-13,16,18H,2-5,8,14-15,17H2,1H3. The van der Waals surface area contributed by atoms with Gasteiger partial charge in [0.2, 0.25) is 5.91 Å². The molecule has 0 spiro atoms. The Balaban J connectivity index is 1.58. The second-order valence-corrected chi connectivity index (χ2v) is 8.83. The van der Waals surface area contributed by atoms with Crippen molar-refractivity contribution in [2.75, 3.05) is 11.4 Å². The smallest absolute Gasteiger partial charge is 0.227 e. The number of carbonyl (C=O) groups is 1. The van der Waals surface area contributed by atoms with E-state index in [2.05, 4.69) is 45.6 Å². The van der Waals surface area contributed by atoms with E-state index in [-0.39, 0.29) is 11.8 Å². The van der Waals surface area contributed by atoms with Crippen LogP contribution in [0.3, 0.4) is 0 Å². The summed E-state index contributed by atoms with van der Waals surface area (Å²) in [5.74, 6) is 1.37. The zero-order valence-electron chi connectivity index (χ0n) is 17.0. The van der Waals surface area contributed by atoms with Gasteiger partial charge in [0.1, 0.15) is 5.82 Å². The van der Waals surface area contributed by atoms with Gasteiger partial charge in [0.15, 0.2) is 0 Å². The number of anilines is 1. The molecule has 1 amide bonds. The summed E-state index contributed by atoms with van der Waals surface area (Å²) in [7, 11) is 0. The zero-order valence-corrected chi connectivity index (χ0v) is 18.6. The van der Waals surface area contributed by atoms with Gasteiger partial charge in [-0.3, -0.25) is 4.79 Å².